The molecule has 0 bridgehead atoms. The monoisotopic (exact) mass is 278 g/mol. The lowest BCUT2D eigenvalue weighted by molar-refractivity contribution is 0.156. The number of hydrogen-bond acceptors (Lipinski definition) is 2. The van der Waals surface area contributed by atoms with Gasteiger partial charge in [0, 0.05) is 37.8 Å². The highest BCUT2D eigenvalue weighted by Crippen LogP contribution is 2.30. The van der Waals surface area contributed by atoms with Crippen LogP contribution in [0, 0.1) is 18.7 Å². The number of halogens is 1. The van der Waals surface area contributed by atoms with Gasteiger partial charge in [-0.15, -0.1) is 0 Å². The summed E-state index contributed by atoms with van der Waals surface area (Å²) in [6.07, 6.45) is 2.18. The molecule has 1 atom stereocenters. The second-order valence-electron chi connectivity index (χ2n) is 6.30. The SMILES string of the molecule is Cc1ccc(F)c([C@@H](CCC(C)C)N2CCNCC2)c1. The maximum Gasteiger partial charge on any atom is 0.128 e. The number of nitrogens with one attached hydrogen (secondary N) is 1. The largest absolute Gasteiger partial charge is 0.314 e. The minimum Gasteiger partial charge on any atom is -0.314 e. The molecule has 0 saturated carbocycles. The summed E-state index contributed by atoms with van der Waals surface area (Å²) in [7, 11) is 0. The average Bonchev–Trinajstić information content (AvgIpc) is 2.43. The van der Waals surface area contributed by atoms with Crippen LogP contribution in [0.3, 0.4) is 0 Å². The molecule has 20 heavy (non-hydrogen) atoms. The van der Waals surface area contributed by atoms with Crippen molar-refractivity contribution in [1.82, 2.24) is 10.2 Å². The van der Waals surface area contributed by atoms with Gasteiger partial charge in [0.2, 0.25) is 0 Å². The fourth-order valence-corrected chi connectivity index (χ4v) is 2.94. The molecule has 0 radical (unpaired) electrons. The van der Waals surface area contributed by atoms with E-state index in [1.807, 2.05) is 19.1 Å². The highest BCUT2D eigenvalue weighted by molar-refractivity contribution is 5.27. The van der Waals surface area contributed by atoms with Crippen LogP contribution in [0.1, 0.15) is 43.9 Å². The first kappa shape index (κ1) is 15.5. The Morgan fingerprint density at radius 3 is 2.55 bits per heavy atom. The fourth-order valence-electron chi connectivity index (χ4n) is 2.94. The zero-order valence-electron chi connectivity index (χ0n) is 13.0. The smallest absolute Gasteiger partial charge is 0.128 e. The Hall–Kier alpha value is -0.930. The van der Waals surface area contributed by atoms with Crippen LogP contribution < -0.4 is 5.32 Å². The predicted molar refractivity (Wildman–Crippen MR) is 82.4 cm³/mol. The maximum atomic E-state index is 14.3. The molecule has 1 aliphatic rings. The van der Waals surface area contributed by atoms with Gasteiger partial charge in [-0.25, -0.2) is 4.39 Å². The van der Waals surface area contributed by atoms with Crippen LogP contribution in [0.5, 0.6) is 0 Å². The van der Waals surface area contributed by atoms with E-state index in [0.717, 1.165) is 50.1 Å². The molecule has 1 aromatic rings. The summed E-state index contributed by atoms with van der Waals surface area (Å²) in [6, 6.07) is 5.73. The summed E-state index contributed by atoms with van der Waals surface area (Å²) in [4.78, 5) is 2.44. The molecular formula is C17H27FN2. The highest BCUT2D eigenvalue weighted by atomic mass is 19.1. The number of aryl methyl sites for hydroxylation is 1. The van der Waals surface area contributed by atoms with Gasteiger partial charge in [-0.1, -0.05) is 31.5 Å². The first-order valence-corrected chi connectivity index (χ1v) is 7.78. The molecule has 112 valence electrons. The van der Waals surface area contributed by atoms with E-state index in [4.69, 9.17) is 0 Å². The van der Waals surface area contributed by atoms with Crippen LogP contribution in [0.4, 0.5) is 4.39 Å². The average molecular weight is 278 g/mol. The first-order valence-electron chi connectivity index (χ1n) is 7.78. The molecule has 2 rings (SSSR count). The van der Waals surface area contributed by atoms with Crippen molar-refractivity contribution in [3.8, 4) is 0 Å². The quantitative estimate of drug-likeness (QED) is 0.886. The normalized spacial score (nSPS) is 18.4. The second-order valence-corrected chi connectivity index (χ2v) is 6.30. The molecule has 0 aromatic heterocycles. The van der Waals surface area contributed by atoms with Gasteiger partial charge < -0.3 is 5.32 Å². The topological polar surface area (TPSA) is 15.3 Å². The van der Waals surface area contributed by atoms with Crippen LogP contribution in [-0.4, -0.2) is 31.1 Å². The molecule has 0 aliphatic carbocycles. The number of benzene rings is 1. The summed E-state index contributed by atoms with van der Waals surface area (Å²) in [5.41, 5.74) is 2.03. The van der Waals surface area contributed by atoms with Crippen LogP contribution >= 0.6 is 0 Å². The molecule has 3 heteroatoms. The van der Waals surface area contributed by atoms with E-state index in [9.17, 15) is 4.39 Å². The summed E-state index contributed by atoms with van der Waals surface area (Å²) >= 11 is 0. The van der Waals surface area contributed by atoms with Gasteiger partial charge in [-0.3, -0.25) is 4.90 Å². The number of hydrogen-bond donors (Lipinski definition) is 1. The van der Waals surface area contributed by atoms with Gasteiger partial charge in [0.1, 0.15) is 5.82 Å². The summed E-state index contributed by atoms with van der Waals surface area (Å²) in [5, 5.41) is 3.38. The standard InChI is InChI=1S/C17H27FN2/c1-13(2)4-7-17(20-10-8-19-9-11-20)15-12-14(3)5-6-16(15)18/h5-6,12-13,17,19H,4,7-11H2,1-3H3/t17-/m1/s1. The van der Waals surface area contributed by atoms with Crippen molar-refractivity contribution in [1.29, 1.82) is 0 Å². The van der Waals surface area contributed by atoms with Crippen molar-refractivity contribution >= 4 is 0 Å². The molecular weight excluding hydrogens is 251 g/mol. The van der Waals surface area contributed by atoms with Gasteiger partial charge in [-0.2, -0.15) is 0 Å². The molecule has 1 saturated heterocycles. The minimum absolute atomic E-state index is 0.0529. The number of rotatable bonds is 5. The summed E-state index contributed by atoms with van der Waals surface area (Å²) in [6.45, 7) is 10.5. The molecule has 1 aromatic carbocycles. The van der Waals surface area contributed by atoms with Gasteiger partial charge in [0.05, 0.1) is 0 Å². The second kappa shape index (κ2) is 7.19. The lowest BCUT2D eigenvalue weighted by Crippen LogP contribution is -2.45. The van der Waals surface area contributed by atoms with Crippen molar-refractivity contribution in [2.45, 2.75) is 39.7 Å². The Labute approximate surface area is 122 Å². The van der Waals surface area contributed by atoms with E-state index in [-0.39, 0.29) is 11.9 Å². The Morgan fingerprint density at radius 1 is 1.20 bits per heavy atom. The van der Waals surface area contributed by atoms with Gasteiger partial charge in [0.15, 0.2) is 0 Å². The van der Waals surface area contributed by atoms with E-state index in [0.29, 0.717) is 5.92 Å². The Bertz CT molecular complexity index is 425. The Morgan fingerprint density at radius 2 is 1.90 bits per heavy atom. The van der Waals surface area contributed by atoms with E-state index in [2.05, 4.69) is 24.1 Å². The molecule has 0 spiro atoms. The fraction of sp³-hybridized carbons (Fsp3) is 0.647. The zero-order chi connectivity index (χ0) is 14.5. The Kier molecular flexibility index (Phi) is 5.55. The van der Waals surface area contributed by atoms with Crippen molar-refractivity contribution in [2.24, 2.45) is 5.92 Å². The highest BCUT2D eigenvalue weighted by Gasteiger charge is 2.24. The van der Waals surface area contributed by atoms with Crippen molar-refractivity contribution < 1.29 is 4.39 Å². The first-order chi connectivity index (χ1) is 9.58. The molecule has 2 nitrogen and oxygen atoms in total. The van der Waals surface area contributed by atoms with Crippen molar-refractivity contribution in [2.75, 3.05) is 26.2 Å². The van der Waals surface area contributed by atoms with Gasteiger partial charge in [-0.05, 0) is 31.7 Å². The van der Waals surface area contributed by atoms with Crippen molar-refractivity contribution in [3.63, 3.8) is 0 Å². The molecule has 1 aliphatic heterocycles. The lowest BCUT2D eigenvalue weighted by Gasteiger charge is -2.36. The van der Waals surface area contributed by atoms with Crippen LogP contribution in [0.25, 0.3) is 0 Å². The molecule has 1 heterocycles. The predicted octanol–water partition coefficient (Wildman–Crippen LogP) is 3.52. The van der Waals surface area contributed by atoms with Crippen molar-refractivity contribution in [3.05, 3.63) is 35.1 Å². The summed E-state index contributed by atoms with van der Waals surface area (Å²) in [5.74, 6) is 0.608. The minimum atomic E-state index is -0.0529. The number of piperazine rings is 1. The summed E-state index contributed by atoms with van der Waals surface area (Å²) < 4.78 is 14.3. The third-order valence-electron chi connectivity index (χ3n) is 4.12. The third-order valence-corrected chi connectivity index (χ3v) is 4.12. The lowest BCUT2D eigenvalue weighted by atomic mass is 9.94. The van der Waals surface area contributed by atoms with Gasteiger partial charge in [0.25, 0.3) is 0 Å². The van der Waals surface area contributed by atoms with E-state index >= 15 is 0 Å². The van der Waals surface area contributed by atoms with Gasteiger partial charge >= 0.3 is 0 Å². The van der Waals surface area contributed by atoms with Crippen LogP contribution in [-0.2, 0) is 0 Å². The number of nitrogens with zero attached hydrogens (tertiary/aromatic N) is 1. The van der Waals surface area contributed by atoms with Crippen LogP contribution in [0.2, 0.25) is 0 Å². The maximum absolute atomic E-state index is 14.3. The zero-order valence-corrected chi connectivity index (χ0v) is 13.0. The molecule has 1 N–H and O–H groups in total. The van der Waals surface area contributed by atoms with E-state index in [1.54, 1.807) is 6.07 Å². The molecule has 0 unspecified atom stereocenters. The third kappa shape index (κ3) is 4.03. The molecule has 0 amide bonds. The van der Waals surface area contributed by atoms with E-state index in [1.165, 1.54) is 0 Å². The Balaban J connectivity index is 2.21. The van der Waals surface area contributed by atoms with E-state index < -0.39 is 0 Å². The molecule has 1 fully saturated rings. The van der Waals surface area contributed by atoms with Crippen LogP contribution in [0.15, 0.2) is 18.2 Å².